The van der Waals surface area contributed by atoms with Crippen molar-refractivity contribution in [2.45, 2.75) is 56.0 Å². The van der Waals surface area contributed by atoms with Gasteiger partial charge in [-0.05, 0) is 56.9 Å². The van der Waals surface area contributed by atoms with Gasteiger partial charge in [0.2, 0.25) is 5.91 Å². The molecule has 0 radical (unpaired) electrons. The Labute approximate surface area is 192 Å². The van der Waals surface area contributed by atoms with Gasteiger partial charge in [0, 0.05) is 18.7 Å². The second-order valence-corrected chi connectivity index (χ2v) is 9.41. The van der Waals surface area contributed by atoms with Crippen LogP contribution in [0.25, 0.3) is 16.6 Å². The van der Waals surface area contributed by atoms with E-state index in [4.69, 9.17) is 9.72 Å². The quantitative estimate of drug-likeness (QED) is 0.403. The fraction of sp³-hybridized carbons (Fsp3) is 0.400. The van der Waals surface area contributed by atoms with E-state index in [0.717, 1.165) is 25.8 Å². The van der Waals surface area contributed by atoms with Gasteiger partial charge in [-0.1, -0.05) is 36.9 Å². The molecule has 0 spiro atoms. The summed E-state index contributed by atoms with van der Waals surface area (Å²) in [4.78, 5) is 33.6. The van der Waals surface area contributed by atoms with Crippen molar-refractivity contribution >= 4 is 28.6 Å². The smallest absolute Gasteiger partial charge is 0.266 e. The molecular weight excluding hydrogens is 422 g/mol. The number of piperidine rings is 1. The summed E-state index contributed by atoms with van der Waals surface area (Å²) >= 11 is 1.34. The lowest BCUT2D eigenvalue weighted by Gasteiger charge is -2.36. The minimum absolute atomic E-state index is 0.112. The number of hydrogen-bond acceptors (Lipinski definition) is 5. The molecule has 1 aliphatic heterocycles. The Balaban J connectivity index is 1.75. The number of nitrogens with zero attached hydrogens (tertiary/aromatic N) is 3. The predicted octanol–water partition coefficient (Wildman–Crippen LogP) is 4.67. The average molecular weight is 452 g/mol. The Morgan fingerprint density at radius 1 is 1.22 bits per heavy atom. The molecule has 168 valence electrons. The number of amides is 1. The van der Waals surface area contributed by atoms with E-state index in [2.05, 4.69) is 6.92 Å². The molecule has 2 unspecified atom stereocenters. The van der Waals surface area contributed by atoms with E-state index >= 15 is 0 Å². The maximum absolute atomic E-state index is 13.5. The van der Waals surface area contributed by atoms with Crippen molar-refractivity contribution in [3.05, 3.63) is 58.9 Å². The van der Waals surface area contributed by atoms with Crippen LogP contribution in [0.3, 0.4) is 0 Å². The summed E-state index contributed by atoms with van der Waals surface area (Å²) in [5.74, 6) is 0.767. The normalized spacial score (nSPS) is 17.3. The first-order valence-electron chi connectivity index (χ1n) is 11.2. The van der Waals surface area contributed by atoms with Gasteiger partial charge in [0.25, 0.3) is 5.56 Å². The van der Waals surface area contributed by atoms with Gasteiger partial charge in [0.15, 0.2) is 5.16 Å². The molecule has 0 aliphatic carbocycles. The minimum Gasteiger partial charge on any atom is -0.497 e. The molecule has 1 fully saturated rings. The van der Waals surface area contributed by atoms with Crippen molar-refractivity contribution in [2.24, 2.45) is 0 Å². The summed E-state index contributed by atoms with van der Waals surface area (Å²) in [6, 6.07) is 15.0. The number of carbonyl (C=O) groups is 1. The van der Waals surface area contributed by atoms with Gasteiger partial charge in [0.05, 0.1) is 29.0 Å². The van der Waals surface area contributed by atoms with E-state index in [-0.39, 0.29) is 16.7 Å². The van der Waals surface area contributed by atoms with E-state index in [9.17, 15) is 9.59 Å². The number of fused-ring (bicyclic) bond motifs is 1. The molecule has 3 aromatic rings. The number of carbonyl (C=O) groups excluding carboxylic acids is 1. The first-order chi connectivity index (χ1) is 15.5. The Hall–Kier alpha value is -2.80. The van der Waals surface area contributed by atoms with Crippen molar-refractivity contribution in [1.29, 1.82) is 0 Å². The first kappa shape index (κ1) is 22.4. The third kappa shape index (κ3) is 4.39. The lowest BCUT2D eigenvalue weighted by Crippen LogP contribution is -2.46. The Kier molecular flexibility index (Phi) is 6.84. The van der Waals surface area contributed by atoms with Crippen LogP contribution in [-0.2, 0) is 4.79 Å². The number of benzene rings is 2. The molecule has 4 rings (SSSR count). The zero-order valence-electron chi connectivity index (χ0n) is 18.8. The molecule has 1 amide bonds. The van der Waals surface area contributed by atoms with Gasteiger partial charge in [0.1, 0.15) is 5.75 Å². The molecule has 2 atom stereocenters. The molecule has 2 heterocycles. The van der Waals surface area contributed by atoms with Crippen molar-refractivity contribution in [3.63, 3.8) is 0 Å². The molecule has 0 saturated carbocycles. The van der Waals surface area contributed by atoms with Crippen LogP contribution in [0.2, 0.25) is 0 Å². The van der Waals surface area contributed by atoms with Gasteiger partial charge >= 0.3 is 0 Å². The summed E-state index contributed by atoms with van der Waals surface area (Å²) in [6.45, 7) is 4.85. The van der Waals surface area contributed by atoms with E-state index in [1.807, 2.05) is 54.3 Å². The lowest BCUT2D eigenvalue weighted by atomic mass is 10.00. The number of aromatic nitrogens is 2. The van der Waals surface area contributed by atoms with E-state index in [1.165, 1.54) is 18.2 Å². The Bertz CT molecular complexity index is 1180. The molecule has 1 aromatic heterocycles. The van der Waals surface area contributed by atoms with Crippen molar-refractivity contribution in [1.82, 2.24) is 14.5 Å². The maximum atomic E-state index is 13.5. The number of ether oxygens (including phenoxy) is 1. The molecule has 0 N–H and O–H groups in total. The Morgan fingerprint density at radius 3 is 2.81 bits per heavy atom. The SMILES string of the molecule is CCC1CCCCN1C(=O)C(C)Sc1nc2ccccc2c(=O)n1-c1cccc(OC)c1. The average Bonchev–Trinajstić information content (AvgIpc) is 2.83. The predicted molar refractivity (Wildman–Crippen MR) is 129 cm³/mol. The molecule has 6 nitrogen and oxygen atoms in total. The zero-order chi connectivity index (χ0) is 22.7. The third-order valence-corrected chi connectivity index (χ3v) is 7.11. The maximum Gasteiger partial charge on any atom is 0.266 e. The number of para-hydroxylation sites is 1. The van der Waals surface area contributed by atoms with Gasteiger partial charge < -0.3 is 9.64 Å². The van der Waals surface area contributed by atoms with Crippen LogP contribution < -0.4 is 10.3 Å². The monoisotopic (exact) mass is 451 g/mol. The highest BCUT2D eigenvalue weighted by molar-refractivity contribution is 8.00. The molecule has 2 aromatic carbocycles. The van der Waals surface area contributed by atoms with E-state index < -0.39 is 0 Å². The molecule has 1 saturated heterocycles. The summed E-state index contributed by atoms with van der Waals surface area (Å²) in [7, 11) is 1.60. The van der Waals surface area contributed by atoms with Crippen LogP contribution in [0.5, 0.6) is 5.75 Å². The van der Waals surface area contributed by atoms with Crippen LogP contribution in [0.15, 0.2) is 58.5 Å². The number of rotatable bonds is 6. The van der Waals surface area contributed by atoms with Gasteiger partial charge in [-0.15, -0.1) is 0 Å². The van der Waals surface area contributed by atoms with Gasteiger partial charge in [-0.25, -0.2) is 4.98 Å². The van der Waals surface area contributed by atoms with Crippen LogP contribution in [-0.4, -0.2) is 45.3 Å². The van der Waals surface area contributed by atoms with Gasteiger partial charge in [-0.3, -0.25) is 14.2 Å². The van der Waals surface area contributed by atoms with Crippen LogP contribution in [0, 0.1) is 0 Å². The highest BCUT2D eigenvalue weighted by Crippen LogP contribution is 2.29. The standard InChI is InChI=1S/C25H29N3O3S/c1-4-18-10-7-8-15-27(18)23(29)17(2)32-25-26-22-14-6-5-13-21(22)24(30)28(25)19-11-9-12-20(16-19)31-3/h5-6,9,11-14,16-18H,4,7-8,10,15H2,1-3H3. The number of likely N-dealkylation sites (tertiary alicyclic amines) is 1. The summed E-state index contributed by atoms with van der Waals surface area (Å²) in [6.07, 6.45) is 4.24. The van der Waals surface area contributed by atoms with E-state index in [1.54, 1.807) is 17.7 Å². The largest absolute Gasteiger partial charge is 0.497 e. The van der Waals surface area contributed by atoms with Gasteiger partial charge in [-0.2, -0.15) is 0 Å². The van der Waals surface area contributed by atoms with Crippen molar-refractivity contribution in [3.8, 4) is 11.4 Å². The second-order valence-electron chi connectivity index (χ2n) is 8.10. The third-order valence-electron chi connectivity index (χ3n) is 6.07. The second kappa shape index (κ2) is 9.77. The molecule has 0 bridgehead atoms. The lowest BCUT2D eigenvalue weighted by molar-refractivity contribution is -0.134. The highest BCUT2D eigenvalue weighted by atomic mass is 32.2. The topological polar surface area (TPSA) is 64.4 Å². The fourth-order valence-corrected chi connectivity index (χ4v) is 5.32. The highest BCUT2D eigenvalue weighted by Gasteiger charge is 2.30. The molecular formula is C25H29N3O3S. The van der Waals surface area contributed by atoms with Crippen molar-refractivity contribution in [2.75, 3.05) is 13.7 Å². The zero-order valence-corrected chi connectivity index (χ0v) is 19.6. The van der Waals surface area contributed by atoms with Crippen molar-refractivity contribution < 1.29 is 9.53 Å². The molecule has 32 heavy (non-hydrogen) atoms. The summed E-state index contributed by atoms with van der Waals surface area (Å²) in [5, 5.41) is 0.695. The minimum atomic E-state index is -0.355. The summed E-state index contributed by atoms with van der Waals surface area (Å²) < 4.78 is 6.95. The number of hydrogen-bond donors (Lipinski definition) is 0. The first-order valence-corrected chi connectivity index (χ1v) is 12.0. The number of methoxy groups -OCH3 is 1. The molecule has 1 aliphatic rings. The summed E-state index contributed by atoms with van der Waals surface area (Å²) in [5.41, 5.74) is 1.14. The van der Waals surface area contributed by atoms with Crippen LogP contribution in [0.1, 0.15) is 39.5 Å². The fourth-order valence-electron chi connectivity index (χ4n) is 4.33. The van der Waals surface area contributed by atoms with Crippen LogP contribution in [0.4, 0.5) is 0 Å². The van der Waals surface area contributed by atoms with E-state index in [0.29, 0.717) is 33.5 Å². The van der Waals surface area contributed by atoms with Crippen LogP contribution >= 0.6 is 11.8 Å². The Morgan fingerprint density at radius 2 is 2.03 bits per heavy atom. The number of thioether (sulfide) groups is 1. The molecule has 7 heteroatoms.